The number of rotatable bonds is 3. The first-order valence-electron chi connectivity index (χ1n) is 9.28. The van der Waals surface area contributed by atoms with Gasteiger partial charge in [0, 0.05) is 24.2 Å². The second-order valence-electron chi connectivity index (χ2n) is 8.35. The monoisotopic (exact) mass is 347 g/mol. The molecule has 0 amide bonds. The van der Waals surface area contributed by atoms with Crippen LogP contribution in [0.2, 0.25) is 0 Å². The SMILES string of the molecule is C/N=C\c1c(C)cc(C(C)(C)C)cc1-n1ncc2c(C(C)C)cccc21. The van der Waals surface area contributed by atoms with Crippen LogP contribution in [0.5, 0.6) is 0 Å². The number of aromatic nitrogens is 2. The summed E-state index contributed by atoms with van der Waals surface area (Å²) in [4.78, 5) is 4.29. The summed E-state index contributed by atoms with van der Waals surface area (Å²) < 4.78 is 2.07. The summed E-state index contributed by atoms with van der Waals surface area (Å²) in [5.41, 5.74) is 7.31. The standard InChI is InChI=1S/C23H29N3/c1-15(2)18-9-8-10-21-20(18)14-25-26(21)22-12-17(23(4,5)6)11-16(3)19(22)13-24-7/h8-15H,1-7H3/b24-13-. The van der Waals surface area contributed by atoms with Crippen molar-refractivity contribution in [1.29, 1.82) is 0 Å². The molecule has 3 heteroatoms. The molecule has 0 unspecified atom stereocenters. The molecule has 26 heavy (non-hydrogen) atoms. The van der Waals surface area contributed by atoms with Gasteiger partial charge in [0.15, 0.2) is 0 Å². The van der Waals surface area contributed by atoms with Gasteiger partial charge in [0.1, 0.15) is 0 Å². The second kappa shape index (κ2) is 6.71. The van der Waals surface area contributed by atoms with Gasteiger partial charge in [-0.2, -0.15) is 5.10 Å². The minimum Gasteiger partial charge on any atom is -0.296 e. The van der Waals surface area contributed by atoms with E-state index in [-0.39, 0.29) is 5.41 Å². The Balaban J connectivity index is 2.34. The van der Waals surface area contributed by atoms with Crippen LogP contribution in [0.4, 0.5) is 0 Å². The highest BCUT2D eigenvalue weighted by Gasteiger charge is 2.19. The van der Waals surface area contributed by atoms with Crippen molar-refractivity contribution >= 4 is 17.1 Å². The van der Waals surface area contributed by atoms with Crippen molar-refractivity contribution in [2.75, 3.05) is 7.05 Å². The molecule has 3 nitrogen and oxygen atoms in total. The van der Waals surface area contributed by atoms with Crippen LogP contribution < -0.4 is 0 Å². The first kappa shape index (κ1) is 18.4. The normalized spacial score (nSPS) is 12.6. The van der Waals surface area contributed by atoms with Gasteiger partial charge in [0.05, 0.1) is 17.4 Å². The van der Waals surface area contributed by atoms with Gasteiger partial charge in [-0.05, 0) is 47.1 Å². The lowest BCUT2D eigenvalue weighted by Gasteiger charge is -2.22. The second-order valence-corrected chi connectivity index (χ2v) is 8.35. The van der Waals surface area contributed by atoms with Gasteiger partial charge in [-0.25, -0.2) is 4.68 Å². The van der Waals surface area contributed by atoms with Crippen LogP contribution in [-0.2, 0) is 5.41 Å². The summed E-state index contributed by atoms with van der Waals surface area (Å²) in [6, 6.07) is 11.0. The van der Waals surface area contributed by atoms with Gasteiger partial charge < -0.3 is 0 Å². The lowest BCUT2D eigenvalue weighted by Crippen LogP contribution is -2.14. The Morgan fingerprint density at radius 2 is 1.88 bits per heavy atom. The Morgan fingerprint density at radius 3 is 2.50 bits per heavy atom. The molecule has 0 saturated heterocycles. The average Bonchev–Trinajstić information content (AvgIpc) is 2.99. The summed E-state index contributed by atoms with van der Waals surface area (Å²) in [5, 5.41) is 5.99. The predicted octanol–water partition coefficient (Wildman–Crippen LogP) is 5.80. The average molecular weight is 348 g/mol. The Labute approximate surface area is 156 Å². The third-order valence-corrected chi connectivity index (χ3v) is 4.99. The lowest BCUT2D eigenvalue weighted by molar-refractivity contribution is 0.589. The predicted molar refractivity (Wildman–Crippen MR) is 112 cm³/mol. The number of benzene rings is 2. The van der Waals surface area contributed by atoms with Crippen molar-refractivity contribution in [1.82, 2.24) is 9.78 Å². The molecule has 0 aliphatic carbocycles. The van der Waals surface area contributed by atoms with Gasteiger partial charge in [-0.15, -0.1) is 0 Å². The minimum atomic E-state index is 0.0768. The fraction of sp³-hybridized carbons (Fsp3) is 0.391. The van der Waals surface area contributed by atoms with Crippen molar-refractivity contribution in [3.8, 4) is 5.69 Å². The number of nitrogens with zero attached hydrogens (tertiary/aromatic N) is 3. The van der Waals surface area contributed by atoms with Crippen LogP contribution in [0.1, 0.15) is 62.8 Å². The Kier molecular flexibility index (Phi) is 4.74. The maximum absolute atomic E-state index is 4.77. The summed E-state index contributed by atoms with van der Waals surface area (Å²) in [6.45, 7) is 13.4. The van der Waals surface area contributed by atoms with E-state index in [1.807, 2.05) is 19.5 Å². The maximum atomic E-state index is 4.77. The molecule has 0 atom stereocenters. The largest absolute Gasteiger partial charge is 0.296 e. The van der Waals surface area contributed by atoms with Crippen molar-refractivity contribution in [2.24, 2.45) is 4.99 Å². The van der Waals surface area contributed by atoms with E-state index in [1.54, 1.807) is 0 Å². The molecule has 3 aromatic rings. The highest BCUT2D eigenvalue weighted by atomic mass is 15.3. The van der Waals surface area contributed by atoms with E-state index in [0.29, 0.717) is 5.92 Å². The fourth-order valence-corrected chi connectivity index (χ4v) is 3.45. The molecule has 0 spiro atoms. The van der Waals surface area contributed by atoms with Crippen LogP contribution in [0, 0.1) is 6.92 Å². The highest BCUT2D eigenvalue weighted by molar-refractivity contribution is 5.90. The number of aliphatic imine (C=N–C) groups is 1. The molecular weight excluding hydrogens is 318 g/mol. The zero-order valence-corrected chi connectivity index (χ0v) is 17.0. The van der Waals surface area contributed by atoms with E-state index in [2.05, 4.69) is 81.5 Å². The van der Waals surface area contributed by atoms with Crippen molar-refractivity contribution in [3.63, 3.8) is 0 Å². The summed E-state index contributed by atoms with van der Waals surface area (Å²) in [7, 11) is 1.82. The summed E-state index contributed by atoms with van der Waals surface area (Å²) in [6.07, 6.45) is 3.94. The van der Waals surface area contributed by atoms with E-state index >= 15 is 0 Å². The molecule has 0 aliphatic rings. The molecule has 2 aromatic carbocycles. The minimum absolute atomic E-state index is 0.0768. The zero-order valence-electron chi connectivity index (χ0n) is 17.0. The van der Waals surface area contributed by atoms with Crippen molar-refractivity contribution in [3.05, 3.63) is 58.8 Å². The van der Waals surface area contributed by atoms with E-state index in [9.17, 15) is 0 Å². The van der Waals surface area contributed by atoms with E-state index in [0.717, 1.165) is 16.8 Å². The first-order chi connectivity index (χ1) is 12.2. The number of hydrogen-bond donors (Lipinski definition) is 0. The molecule has 0 fully saturated rings. The third kappa shape index (κ3) is 3.18. The molecule has 0 N–H and O–H groups in total. The van der Waals surface area contributed by atoms with Crippen LogP contribution in [0.25, 0.3) is 16.6 Å². The van der Waals surface area contributed by atoms with Gasteiger partial charge in [-0.3, -0.25) is 4.99 Å². The fourth-order valence-electron chi connectivity index (χ4n) is 3.45. The molecule has 0 aliphatic heterocycles. The van der Waals surface area contributed by atoms with E-state index in [4.69, 9.17) is 5.10 Å². The summed E-state index contributed by atoms with van der Waals surface area (Å²) in [5.74, 6) is 0.468. The molecule has 1 heterocycles. The molecule has 1 aromatic heterocycles. The summed E-state index contributed by atoms with van der Waals surface area (Å²) >= 11 is 0. The molecule has 0 radical (unpaired) electrons. The lowest BCUT2D eigenvalue weighted by atomic mass is 9.84. The van der Waals surface area contributed by atoms with E-state index in [1.165, 1.54) is 22.1 Å². The molecular formula is C23H29N3. The van der Waals surface area contributed by atoms with Crippen LogP contribution in [-0.4, -0.2) is 23.0 Å². The van der Waals surface area contributed by atoms with Gasteiger partial charge >= 0.3 is 0 Å². The number of fused-ring (bicyclic) bond motifs is 1. The van der Waals surface area contributed by atoms with Crippen LogP contribution >= 0.6 is 0 Å². The quantitative estimate of drug-likeness (QED) is 0.550. The van der Waals surface area contributed by atoms with E-state index < -0.39 is 0 Å². The Morgan fingerprint density at radius 1 is 1.15 bits per heavy atom. The number of aryl methyl sites for hydroxylation is 1. The van der Waals surface area contributed by atoms with Crippen LogP contribution in [0.3, 0.4) is 0 Å². The molecule has 136 valence electrons. The van der Waals surface area contributed by atoms with Crippen LogP contribution in [0.15, 0.2) is 41.5 Å². The molecule has 0 saturated carbocycles. The van der Waals surface area contributed by atoms with Gasteiger partial charge in [0.25, 0.3) is 0 Å². The zero-order chi connectivity index (χ0) is 19.1. The molecule has 3 rings (SSSR count). The molecule has 0 bridgehead atoms. The Hall–Kier alpha value is -2.42. The number of hydrogen-bond acceptors (Lipinski definition) is 2. The van der Waals surface area contributed by atoms with Crippen molar-refractivity contribution < 1.29 is 0 Å². The first-order valence-corrected chi connectivity index (χ1v) is 9.28. The third-order valence-electron chi connectivity index (χ3n) is 4.99. The smallest absolute Gasteiger partial charge is 0.0746 e. The van der Waals surface area contributed by atoms with Gasteiger partial charge in [-0.1, -0.05) is 52.8 Å². The Bertz CT molecular complexity index is 969. The maximum Gasteiger partial charge on any atom is 0.0746 e. The highest BCUT2D eigenvalue weighted by Crippen LogP contribution is 2.31. The topological polar surface area (TPSA) is 30.2 Å². The van der Waals surface area contributed by atoms with Crippen molar-refractivity contribution in [2.45, 2.75) is 52.9 Å². The van der Waals surface area contributed by atoms with Gasteiger partial charge in [0.2, 0.25) is 0 Å².